The summed E-state index contributed by atoms with van der Waals surface area (Å²) in [7, 11) is 0. The van der Waals surface area contributed by atoms with Crippen molar-refractivity contribution in [2.75, 3.05) is 5.01 Å². The Bertz CT molecular complexity index is 887. The molecule has 0 spiro atoms. The van der Waals surface area contributed by atoms with Crippen LogP contribution in [0.3, 0.4) is 0 Å². The largest absolute Gasteiger partial charge is 0.257 e. The Morgan fingerprint density at radius 1 is 0.760 bits per heavy atom. The van der Waals surface area contributed by atoms with Gasteiger partial charge in [-0.1, -0.05) is 65.7 Å². The van der Waals surface area contributed by atoms with Crippen molar-refractivity contribution < 1.29 is 0 Å². The highest BCUT2D eigenvalue weighted by atomic mass is 35.5. The minimum absolute atomic E-state index is 0.160. The fourth-order valence-electron chi connectivity index (χ4n) is 3.09. The second-order valence-corrected chi connectivity index (χ2v) is 6.88. The second-order valence-electron chi connectivity index (χ2n) is 6.01. The summed E-state index contributed by atoms with van der Waals surface area (Å²) in [5.74, 6) is 0. The molecular weight excluding hydrogens is 351 g/mol. The Balaban J connectivity index is 1.74. The molecule has 0 aromatic heterocycles. The summed E-state index contributed by atoms with van der Waals surface area (Å²) in [6, 6.07) is 26.3. The predicted octanol–water partition coefficient (Wildman–Crippen LogP) is 6.35. The average molecular weight is 367 g/mol. The molecule has 0 saturated carbocycles. The first-order valence-corrected chi connectivity index (χ1v) is 8.89. The van der Waals surface area contributed by atoms with Crippen LogP contribution >= 0.6 is 23.2 Å². The van der Waals surface area contributed by atoms with Gasteiger partial charge in [0, 0.05) is 16.5 Å². The molecule has 4 rings (SSSR count). The fourth-order valence-corrected chi connectivity index (χ4v) is 3.35. The van der Waals surface area contributed by atoms with Crippen molar-refractivity contribution in [3.8, 4) is 0 Å². The van der Waals surface area contributed by atoms with Gasteiger partial charge in [-0.25, -0.2) is 0 Å². The number of anilines is 1. The maximum atomic E-state index is 6.04. The predicted molar refractivity (Wildman–Crippen MR) is 106 cm³/mol. The van der Waals surface area contributed by atoms with E-state index in [1.54, 1.807) is 0 Å². The van der Waals surface area contributed by atoms with E-state index in [1.165, 1.54) is 5.56 Å². The first-order valence-electron chi connectivity index (χ1n) is 8.14. The van der Waals surface area contributed by atoms with Crippen molar-refractivity contribution in [1.29, 1.82) is 0 Å². The van der Waals surface area contributed by atoms with Crippen LogP contribution in [-0.2, 0) is 0 Å². The molecule has 0 fully saturated rings. The normalized spacial score (nSPS) is 16.8. The molecule has 3 aromatic carbocycles. The molecule has 0 amide bonds. The van der Waals surface area contributed by atoms with Gasteiger partial charge in [0.15, 0.2) is 0 Å². The third-order valence-corrected chi connectivity index (χ3v) is 4.87. The van der Waals surface area contributed by atoms with E-state index >= 15 is 0 Å². The van der Waals surface area contributed by atoms with E-state index in [1.807, 2.05) is 54.6 Å². The third kappa shape index (κ3) is 3.41. The van der Waals surface area contributed by atoms with E-state index in [2.05, 4.69) is 29.3 Å². The maximum Gasteiger partial charge on any atom is 0.0831 e. The smallest absolute Gasteiger partial charge is 0.0831 e. The highest BCUT2D eigenvalue weighted by Gasteiger charge is 2.29. The Morgan fingerprint density at radius 2 is 1.36 bits per heavy atom. The van der Waals surface area contributed by atoms with Gasteiger partial charge in [-0.15, -0.1) is 0 Å². The van der Waals surface area contributed by atoms with Crippen molar-refractivity contribution in [2.45, 2.75) is 12.5 Å². The van der Waals surface area contributed by atoms with Gasteiger partial charge in [0.2, 0.25) is 0 Å². The lowest BCUT2D eigenvalue weighted by Crippen LogP contribution is -2.18. The van der Waals surface area contributed by atoms with E-state index in [4.69, 9.17) is 28.3 Å². The molecule has 1 aliphatic heterocycles. The van der Waals surface area contributed by atoms with Gasteiger partial charge in [0.05, 0.1) is 17.4 Å². The summed E-state index contributed by atoms with van der Waals surface area (Å²) < 4.78 is 0. The summed E-state index contributed by atoms with van der Waals surface area (Å²) in [6.45, 7) is 0. The van der Waals surface area contributed by atoms with Gasteiger partial charge < -0.3 is 0 Å². The van der Waals surface area contributed by atoms with Gasteiger partial charge in [-0.05, 0) is 47.5 Å². The Kier molecular flexibility index (Phi) is 4.48. The van der Waals surface area contributed by atoms with Crippen LogP contribution in [0.25, 0.3) is 0 Å². The molecule has 1 aliphatic rings. The molecule has 3 aromatic rings. The summed E-state index contributed by atoms with van der Waals surface area (Å²) in [5.41, 5.74) is 4.43. The fraction of sp³-hybridized carbons (Fsp3) is 0.0952. The molecular formula is C21H16Cl2N2. The highest BCUT2D eigenvalue weighted by Crippen LogP contribution is 2.37. The Labute approximate surface area is 157 Å². The first kappa shape index (κ1) is 16.2. The minimum atomic E-state index is 0.160. The lowest BCUT2D eigenvalue weighted by molar-refractivity contribution is 0.709. The minimum Gasteiger partial charge on any atom is -0.257 e. The van der Waals surface area contributed by atoms with Crippen LogP contribution in [0.2, 0.25) is 10.0 Å². The van der Waals surface area contributed by atoms with Crippen molar-refractivity contribution >= 4 is 34.6 Å². The summed E-state index contributed by atoms with van der Waals surface area (Å²) in [5, 5.41) is 8.44. The standard InChI is InChI=1S/C21H16Cl2N2/c22-17-8-6-15(7-9-17)20-14-21(16-4-2-1-3-5-16)25(24-20)19-12-10-18(23)11-13-19/h1-13,21H,14H2/t21-/m0/s1. The molecule has 2 nitrogen and oxygen atoms in total. The van der Waals surface area contributed by atoms with Gasteiger partial charge in [0.25, 0.3) is 0 Å². The second kappa shape index (κ2) is 6.91. The summed E-state index contributed by atoms with van der Waals surface area (Å²) in [4.78, 5) is 0. The molecule has 25 heavy (non-hydrogen) atoms. The zero-order valence-electron chi connectivity index (χ0n) is 13.4. The molecule has 0 bridgehead atoms. The van der Waals surface area contributed by atoms with Crippen LogP contribution in [0.15, 0.2) is 84.0 Å². The van der Waals surface area contributed by atoms with E-state index in [0.717, 1.165) is 33.4 Å². The maximum absolute atomic E-state index is 6.04. The van der Waals surface area contributed by atoms with Crippen LogP contribution in [0.1, 0.15) is 23.6 Å². The van der Waals surface area contributed by atoms with E-state index in [9.17, 15) is 0 Å². The van der Waals surface area contributed by atoms with E-state index in [0.29, 0.717) is 0 Å². The SMILES string of the molecule is Clc1ccc(C2=NN(c3ccc(Cl)cc3)[C@H](c3ccccc3)C2)cc1. The van der Waals surface area contributed by atoms with Gasteiger partial charge in [0.1, 0.15) is 0 Å². The first-order chi connectivity index (χ1) is 12.2. The Morgan fingerprint density at radius 3 is 2.00 bits per heavy atom. The zero-order valence-corrected chi connectivity index (χ0v) is 15.0. The van der Waals surface area contributed by atoms with Crippen LogP contribution in [0.5, 0.6) is 0 Å². The summed E-state index contributed by atoms with van der Waals surface area (Å²) in [6.07, 6.45) is 0.842. The van der Waals surface area contributed by atoms with Gasteiger partial charge in [-0.2, -0.15) is 5.10 Å². The number of benzene rings is 3. The van der Waals surface area contributed by atoms with Crippen LogP contribution in [-0.4, -0.2) is 5.71 Å². The van der Waals surface area contributed by atoms with Crippen molar-refractivity contribution in [2.24, 2.45) is 5.10 Å². The number of halogens is 2. The van der Waals surface area contributed by atoms with E-state index < -0.39 is 0 Å². The van der Waals surface area contributed by atoms with Gasteiger partial charge in [-0.3, -0.25) is 5.01 Å². The molecule has 4 heteroatoms. The third-order valence-electron chi connectivity index (χ3n) is 4.36. The number of hydrogen-bond donors (Lipinski definition) is 0. The van der Waals surface area contributed by atoms with E-state index in [-0.39, 0.29) is 6.04 Å². The number of nitrogens with zero attached hydrogens (tertiary/aromatic N) is 2. The topological polar surface area (TPSA) is 15.6 Å². The molecule has 0 aliphatic carbocycles. The quantitative estimate of drug-likeness (QED) is 0.527. The van der Waals surface area contributed by atoms with Gasteiger partial charge >= 0.3 is 0 Å². The van der Waals surface area contributed by atoms with Crippen molar-refractivity contribution in [1.82, 2.24) is 0 Å². The lowest BCUT2D eigenvalue weighted by atomic mass is 9.98. The Hall–Kier alpha value is -2.29. The number of hydrogen-bond acceptors (Lipinski definition) is 2. The van der Waals surface area contributed by atoms with Crippen molar-refractivity contribution in [3.05, 3.63) is 100 Å². The molecule has 124 valence electrons. The van der Waals surface area contributed by atoms with Crippen LogP contribution in [0, 0.1) is 0 Å². The highest BCUT2D eigenvalue weighted by molar-refractivity contribution is 6.31. The average Bonchev–Trinajstić information content (AvgIpc) is 3.09. The molecule has 0 N–H and O–H groups in total. The molecule has 1 atom stereocenters. The lowest BCUT2D eigenvalue weighted by Gasteiger charge is -2.24. The number of rotatable bonds is 3. The molecule has 0 saturated heterocycles. The van der Waals surface area contributed by atoms with Crippen molar-refractivity contribution in [3.63, 3.8) is 0 Å². The van der Waals surface area contributed by atoms with Crippen LogP contribution < -0.4 is 5.01 Å². The van der Waals surface area contributed by atoms with Crippen LogP contribution in [0.4, 0.5) is 5.69 Å². The zero-order chi connectivity index (χ0) is 17.2. The number of hydrazone groups is 1. The summed E-state index contributed by atoms with van der Waals surface area (Å²) >= 11 is 12.1. The monoisotopic (exact) mass is 366 g/mol. The molecule has 0 radical (unpaired) electrons. The molecule has 0 unspecified atom stereocenters. The molecule has 1 heterocycles.